The van der Waals surface area contributed by atoms with E-state index in [9.17, 15) is 4.79 Å². The van der Waals surface area contributed by atoms with Gasteiger partial charge in [0.1, 0.15) is 0 Å². The van der Waals surface area contributed by atoms with Crippen LogP contribution in [0.25, 0.3) is 0 Å². The molecule has 1 aromatic rings. The lowest BCUT2D eigenvalue weighted by molar-refractivity contribution is 0.0696. The zero-order chi connectivity index (χ0) is 8.43. The Labute approximate surface area is 81.9 Å². The van der Waals surface area contributed by atoms with Gasteiger partial charge in [0.05, 0.1) is 5.56 Å². The van der Waals surface area contributed by atoms with Crippen LogP contribution < -0.4 is 0 Å². The minimum Gasteiger partial charge on any atom is -0.478 e. The molecule has 5 heteroatoms. The molecule has 0 aliphatic rings. The normalized spacial score (nSPS) is 7.57. The average Bonchev–Trinajstić information content (AvgIpc) is 1.94. The van der Waals surface area contributed by atoms with Crippen molar-refractivity contribution in [2.75, 3.05) is 0 Å². The van der Waals surface area contributed by atoms with E-state index in [4.69, 9.17) is 5.11 Å². The lowest BCUT2D eigenvalue weighted by atomic mass is 10.0. The first-order chi connectivity index (χ1) is 5.13. The number of carboxylic acid groups (broad SMARTS) is 1. The number of aromatic carboxylic acids is 1. The van der Waals surface area contributed by atoms with Crippen LogP contribution in [0.5, 0.6) is 0 Å². The lowest BCUT2D eigenvalue weighted by Gasteiger charge is -2.02. The molecule has 0 aromatic heterocycles. The molecule has 0 fully saturated rings. The Hall–Kier alpha value is -1.43. The van der Waals surface area contributed by atoms with Crippen LogP contribution in [-0.2, 0) is 0 Å². The molecule has 7 N–H and O–H groups in total. The summed E-state index contributed by atoms with van der Waals surface area (Å²) in [5.74, 6) is -0.855. The second kappa shape index (κ2) is 7.02. The van der Waals surface area contributed by atoms with Crippen LogP contribution in [0.3, 0.4) is 0 Å². The molecule has 82 valence electrons. The van der Waals surface area contributed by atoms with Gasteiger partial charge >= 0.3 is 5.97 Å². The molecule has 0 unspecified atom stereocenters. The highest BCUT2D eigenvalue weighted by atomic mass is 16.4. The summed E-state index contributed by atoms with van der Waals surface area (Å²) in [6.07, 6.45) is 0. The molecule has 0 heterocycles. The molecule has 0 atom stereocenters. The van der Waals surface area contributed by atoms with E-state index in [0.717, 1.165) is 11.1 Å². The van der Waals surface area contributed by atoms with E-state index in [1.54, 1.807) is 12.1 Å². The standard InChI is InChI=1S/C9H10O2.3H2O/c1-6-4-3-5-8(7(6)2)9(10)11;;;/h3-5H,1-2H3,(H,10,11);3*1H2. The Balaban J connectivity index is -0.000000403. The van der Waals surface area contributed by atoms with Gasteiger partial charge in [-0.05, 0) is 31.0 Å². The topological polar surface area (TPSA) is 132 Å². The summed E-state index contributed by atoms with van der Waals surface area (Å²) in [7, 11) is 0. The van der Waals surface area contributed by atoms with Crippen LogP contribution in [0, 0.1) is 13.8 Å². The van der Waals surface area contributed by atoms with E-state index < -0.39 is 5.97 Å². The van der Waals surface area contributed by atoms with Crippen molar-refractivity contribution in [1.82, 2.24) is 0 Å². The van der Waals surface area contributed by atoms with Gasteiger partial charge in [0.15, 0.2) is 0 Å². The number of hydrogen-bond donors (Lipinski definition) is 1. The number of carboxylic acids is 1. The fraction of sp³-hybridized carbons (Fsp3) is 0.222. The minimum absolute atomic E-state index is 0. The molecule has 5 nitrogen and oxygen atoms in total. The van der Waals surface area contributed by atoms with Gasteiger partial charge in [0.25, 0.3) is 0 Å². The van der Waals surface area contributed by atoms with Gasteiger partial charge in [-0.25, -0.2) is 4.79 Å². The Kier molecular flexibility index (Phi) is 9.21. The SMILES string of the molecule is Cc1cccc(C(=O)O)c1C.O.O.O. The molecular weight excluding hydrogens is 188 g/mol. The van der Waals surface area contributed by atoms with Crippen LogP contribution in [0.1, 0.15) is 21.5 Å². The molecule has 1 aromatic carbocycles. The Morgan fingerprint density at radius 2 is 1.64 bits per heavy atom. The van der Waals surface area contributed by atoms with Crippen molar-refractivity contribution in [3.8, 4) is 0 Å². The first-order valence-electron chi connectivity index (χ1n) is 3.42. The second-order valence-electron chi connectivity index (χ2n) is 2.55. The van der Waals surface area contributed by atoms with Gasteiger partial charge in [-0.3, -0.25) is 0 Å². The van der Waals surface area contributed by atoms with E-state index in [1.807, 2.05) is 19.9 Å². The van der Waals surface area contributed by atoms with E-state index in [0.29, 0.717) is 5.56 Å². The number of carbonyl (C=O) groups is 1. The van der Waals surface area contributed by atoms with Crippen LogP contribution >= 0.6 is 0 Å². The van der Waals surface area contributed by atoms with E-state index in [2.05, 4.69) is 0 Å². The third kappa shape index (κ3) is 3.53. The van der Waals surface area contributed by atoms with Crippen molar-refractivity contribution in [3.05, 3.63) is 34.9 Å². The summed E-state index contributed by atoms with van der Waals surface area (Å²) < 4.78 is 0. The van der Waals surface area contributed by atoms with Crippen LogP contribution in [0.2, 0.25) is 0 Å². The third-order valence-electron chi connectivity index (χ3n) is 1.84. The Bertz CT molecular complexity index is 295. The maximum Gasteiger partial charge on any atom is 0.335 e. The summed E-state index contributed by atoms with van der Waals surface area (Å²) >= 11 is 0. The largest absolute Gasteiger partial charge is 0.478 e. The van der Waals surface area contributed by atoms with Gasteiger partial charge in [-0.1, -0.05) is 12.1 Å². The van der Waals surface area contributed by atoms with Crippen LogP contribution in [-0.4, -0.2) is 27.5 Å². The predicted molar refractivity (Wildman–Crippen MR) is 53.7 cm³/mol. The monoisotopic (exact) mass is 204 g/mol. The fourth-order valence-corrected chi connectivity index (χ4v) is 0.983. The molecular formula is C9H16O5. The van der Waals surface area contributed by atoms with E-state index >= 15 is 0 Å². The molecule has 0 radical (unpaired) electrons. The highest BCUT2D eigenvalue weighted by molar-refractivity contribution is 5.89. The zero-order valence-corrected chi connectivity index (χ0v) is 8.09. The molecule has 0 aliphatic heterocycles. The first kappa shape index (κ1) is 18.4. The molecule has 0 amide bonds. The maximum atomic E-state index is 10.6. The molecule has 0 aliphatic carbocycles. The van der Waals surface area contributed by atoms with Crippen molar-refractivity contribution >= 4 is 5.97 Å². The third-order valence-corrected chi connectivity index (χ3v) is 1.84. The van der Waals surface area contributed by atoms with Gasteiger partial charge < -0.3 is 21.5 Å². The smallest absolute Gasteiger partial charge is 0.335 e. The molecule has 0 saturated heterocycles. The first-order valence-corrected chi connectivity index (χ1v) is 3.42. The summed E-state index contributed by atoms with van der Waals surface area (Å²) in [6.45, 7) is 3.72. The van der Waals surface area contributed by atoms with E-state index in [1.165, 1.54) is 0 Å². The number of rotatable bonds is 1. The van der Waals surface area contributed by atoms with Gasteiger partial charge in [0, 0.05) is 0 Å². The van der Waals surface area contributed by atoms with Crippen molar-refractivity contribution in [3.63, 3.8) is 0 Å². The van der Waals surface area contributed by atoms with Crippen LogP contribution in [0.15, 0.2) is 18.2 Å². The summed E-state index contributed by atoms with van der Waals surface area (Å²) in [5.41, 5.74) is 2.26. The van der Waals surface area contributed by atoms with E-state index in [-0.39, 0.29) is 16.4 Å². The van der Waals surface area contributed by atoms with Gasteiger partial charge in [-0.2, -0.15) is 0 Å². The van der Waals surface area contributed by atoms with Crippen molar-refractivity contribution < 1.29 is 26.3 Å². The Morgan fingerprint density at radius 1 is 1.14 bits per heavy atom. The predicted octanol–water partition coefficient (Wildman–Crippen LogP) is -0.472. The quantitative estimate of drug-likeness (QED) is 0.662. The Morgan fingerprint density at radius 3 is 2.00 bits per heavy atom. The number of benzene rings is 1. The minimum atomic E-state index is -0.855. The molecule has 0 spiro atoms. The highest BCUT2D eigenvalue weighted by Crippen LogP contribution is 2.11. The average molecular weight is 204 g/mol. The number of hydrogen-bond acceptors (Lipinski definition) is 1. The summed E-state index contributed by atoms with van der Waals surface area (Å²) in [4.78, 5) is 10.6. The highest BCUT2D eigenvalue weighted by Gasteiger charge is 2.06. The van der Waals surface area contributed by atoms with Crippen molar-refractivity contribution in [2.24, 2.45) is 0 Å². The molecule has 1 rings (SSSR count). The van der Waals surface area contributed by atoms with Crippen molar-refractivity contribution in [1.29, 1.82) is 0 Å². The second-order valence-corrected chi connectivity index (χ2v) is 2.55. The zero-order valence-electron chi connectivity index (χ0n) is 8.09. The molecule has 14 heavy (non-hydrogen) atoms. The van der Waals surface area contributed by atoms with Gasteiger partial charge in [-0.15, -0.1) is 0 Å². The number of aryl methyl sites for hydroxylation is 1. The summed E-state index contributed by atoms with van der Waals surface area (Å²) in [5, 5.41) is 8.69. The summed E-state index contributed by atoms with van der Waals surface area (Å²) in [6, 6.07) is 5.28. The van der Waals surface area contributed by atoms with Crippen LogP contribution in [0.4, 0.5) is 0 Å². The molecule has 0 saturated carbocycles. The van der Waals surface area contributed by atoms with Crippen molar-refractivity contribution in [2.45, 2.75) is 13.8 Å². The molecule has 0 bridgehead atoms. The van der Waals surface area contributed by atoms with Gasteiger partial charge in [0.2, 0.25) is 0 Å². The lowest BCUT2D eigenvalue weighted by Crippen LogP contribution is -2.00. The fourth-order valence-electron chi connectivity index (χ4n) is 0.983. The maximum absolute atomic E-state index is 10.6.